The lowest BCUT2D eigenvalue weighted by atomic mass is 10.2. The van der Waals surface area contributed by atoms with Crippen molar-refractivity contribution in [3.8, 4) is 5.75 Å². The Morgan fingerprint density at radius 3 is 2.73 bits per heavy atom. The Hall–Kier alpha value is -1.71. The quantitative estimate of drug-likeness (QED) is 0.745. The number of hydrogen-bond donors (Lipinski definition) is 2. The van der Waals surface area contributed by atoms with Gasteiger partial charge in [-0.15, -0.1) is 0 Å². The van der Waals surface area contributed by atoms with Crippen LogP contribution in [0.5, 0.6) is 5.75 Å². The molecule has 3 N–H and O–H groups in total. The monoisotopic (exact) mass is 209 g/mol. The van der Waals surface area contributed by atoms with Crippen molar-refractivity contribution in [2.75, 3.05) is 5.73 Å². The van der Waals surface area contributed by atoms with Gasteiger partial charge in [-0.2, -0.15) is 0 Å². The zero-order valence-corrected chi connectivity index (χ0v) is 8.86. The zero-order valence-electron chi connectivity index (χ0n) is 8.86. The van der Waals surface area contributed by atoms with Gasteiger partial charge in [0.1, 0.15) is 5.75 Å². The number of carboxylic acids is 1. The first kappa shape index (κ1) is 11.4. The maximum absolute atomic E-state index is 10.7. The molecule has 1 aromatic rings. The van der Waals surface area contributed by atoms with Crippen LogP contribution >= 0.6 is 0 Å². The number of carbonyl (C=O) groups is 1. The highest BCUT2D eigenvalue weighted by Gasteiger charge is 2.09. The SMILES string of the molecule is CCC(C)Oc1ccc(C(=O)O)c(N)c1. The minimum atomic E-state index is -1.03. The molecule has 0 saturated carbocycles. The molecular formula is C11H15NO3. The summed E-state index contributed by atoms with van der Waals surface area (Å²) in [4.78, 5) is 10.7. The first-order valence-electron chi connectivity index (χ1n) is 4.84. The third kappa shape index (κ3) is 2.87. The fraction of sp³-hybridized carbons (Fsp3) is 0.364. The molecule has 0 saturated heterocycles. The fourth-order valence-corrected chi connectivity index (χ4v) is 1.12. The second-order valence-electron chi connectivity index (χ2n) is 3.39. The molecule has 0 aromatic heterocycles. The topological polar surface area (TPSA) is 72.5 Å². The van der Waals surface area contributed by atoms with E-state index in [4.69, 9.17) is 15.6 Å². The summed E-state index contributed by atoms with van der Waals surface area (Å²) >= 11 is 0. The van der Waals surface area contributed by atoms with E-state index in [1.807, 2.05) is 13.8 Å². The lowest BCUT2D eigenvalue weighted by molar-refractivity contribution is 0.0698. The Morgan fingerprint density at radius 2 is 2.27 bits per heavy atom. The first-order chi connectivity index (χ1) is 7.04. The van der Waals surface area contributed by atoms with Crippen LogP contribution in [0.3, 0.4) is 0 Å². The molecule has 0 aliphatic rings. The van der Waals surface area contributed by atoms with Crippen molar-refractivity contribution in [3.63, 3.8) is 0 Å². The molecule has 1 rings (SSSR count). The summed E-state index contributed by atoms with van der Waals surface area (Å²) in [5.41, 5.74) is 5.91. The summed E-state index contributed by atoms with van der Waals surface area (Å²) in [7, 11) is 0. The number of rotatable bonds is 4. The molecule has 4 nitrogen and oxygen atoms in total. The van der Waals surface area contributed by atoms with E-state index in [0.717, 1.165) is 6.42 Å². The van der Waals surface area contributed by atoms with Crippen molar-refractivity contribution >= 4 is 11.7 Å². The molecule has 0 heterocycles. The third-order valence-corrected chi connectivity index (χ3v) is 2.17. The largest absolute Gasteiger partial charge is 0.491 e. The van der Waals surface area contributed by atoms with Gasteiger partial charge in [-0.3, -0.25) is 0 Å². The van der Waals surface area contributed by atoms with Gasteiger partial charge in [0.05, 0.1) is 11.7 Å². The molecule has 1 aromatic carbocycles. The Kier molecular flexibility index (Phi) is 3.55. The van der Waals surface area contributed by atoms with Crippen LogP contribution in [0.25, 0.3) is 0 Å². The highest BCUT2D eigenvalue weighted by Crippen LogP contribution is 2.21. The molecule has 1 atom stereocenters. The van der Waals surface area contributed by atoms with E-state index in [1.165, 1.54) is 12.1 Å². The van der Waals surface area contributed by atoms with E-state index >= 15 is 0 Å². The second kappa shape index (κ2) is 4.68. The van der Waals surface area contributed by atoms with E-state index in [1.54, 1.807) is 6.07 Å². The van der Waals surface area contributed by atoms with Crippen molar-refractivity contribution in [1.29, 1.82) is 0 Å². The zero-order chi connectivity index (χ0) is 11.4. The molecule has 0 spiro atoms. The average Bonchev–Trinajstić information content (AvgIpc) is 2.17. The van der Waals surface area contributed by atoms with Crippen molar-refractivity contribution in [3.05, 3.63) is 23.8 Å². The summed E-state index contributed by atoms with van der Waals surface area (Å²) in [6.07, 6.45) is 0.987. The van der Waals surface area contributed by atoms with E-state index in [2.05, 4.69) is 0 Å². The highest BCUT2D eigenvalue weighted by atomic mass is 16.5. The van der Waals surface area contributed by atoms with Gasteiger partial charge in [-0.05, 0) is 25.5 Å². The van der Waals surface area contributed by atoms with Gasteiger partial charge < -0.3 is 15.6 Å². The molecule has 0 bridgehead atoms. The molecule has 0 amide bonds. The molecule has 1 unspecified atom stereocenters. The van der Waals surface area contributed by atoms with Crippen LogP contribution in [0.15, 0.2) is 18.2 Å². The Morgan fingerprint density at radius 1 is 1.60 bits per heavy atom. The van der Waals surface area contributed by atoms with Gasteiger partial charge in [-0.1, -0.05) is 6.92 Å². The molecule has 0 aliphatic carbocycles. The van der Waals surface area contributed by atoms with E-state index < -0.39 is 5.97 Å². The number of carboxylic acid groups (broad SMARTS) is 1. The Bertz CT molecular complexity index is 363. The van der Waals surface area contributed by atoms with Gasteiger partial charge in [0.15, 0.2) is 0 Å². The van der Waals surface area contributed by atoms with Crippen LogP contribution in [0, 0.1) is 0 Å². The van der Waals surface area contributed by atoms with Crippen LogP contribution in [0.1, 0.15) is 30.6 Å². The fourth-order valence-electron chi connectivity index (χ4n) is 1.12. The number of hydrogen-bond acceptors (Lipinski definition) is 3. The Balaban J connectivity index is 2.87. The van der Waals surface area contributed by atoms with E-state index in [-0.39, 0.29) is 17.4 Å². The minimum absolute atomic E-state index is 0.0973. The smallest absolute Gasteiger partial charge is 0.337 e. The van der Waals surface area contributed by atoms with Gasteiger partial charge in [0.2, 0.25) is 0 Å². The molecule has 82 valence electrons. The average molecular weight is 209 g/mol. The number of nitrogens with two attached hydrogens (primary N) is 1. The van der Waals surface area contributed by atoms with Crippen LogP contribution in [-0.4, -0.2) is 17.2 Å². The lowest BCUT2D eigenvalue weighted by Crippen LogP contribution is -2.10. The Labute approximate surface area is 88.7 Å². The molecule has 4 heteroatoms. The first-order valence-corrected chi connectivity index (χ1v) is 4.84. The molecule has 0 radical (unpaired) electrons. The summed E-state index contributed by atoms with van der Waals surface area (Å²) in [6.45, 7) is 3.96. The number of ether oxygens (including phenoxy) is 1. The third-order valence-electron chi connectivity index (χ3n) is 2.17. The van der Waals surface area contributed by atoms with Crippen LogP contribution < -0.4 is 10.5 Å². The standard InChI is InChI=1S/C11H15NO3/c1-3-7(2)15-8-4-5-9(11(13)14)10(12)6-8/h4-7H,3,12H2,1-2H3,(H,13,14). The van der Waals surface area contributed by atoms with Crippen LogP contribution in [-0.2, 0) is 0 Å². The molecule has 0 fully saturated rings. The van der Waals surface area contributed by atoms with Crippen molar-refractivity contribution in [2.45, 2.75) is 26.4 Å². The van der Waals surface area contributed by atoms with Gasteiger partial charge >= 0.3 is 5.97 Å². The second-order valence-corrected chi connectivity index (χ2v) is 3.39. The van der Waals surface area contributed by atoms with Gasteiger partial charge in [-0.25, -0.2) is 4.79 Å². The van der Waals surface area contributed by atoms with Gasteiger partial charge in [0.25, 0.3) is 0 Å². The molecule has 0 aliphatic heterocycles. The van der Waals surface area contributed by atoms with Crippen molar-refractivity contribution < 1.29 is 14.6 Å². The summed E-state index contributed by atoms with van der Waals surface area (Å²) in [6, 6.07) is 4.61. The predicted molar refractivity (Wildman–Crippen MR) is 58.2 cm³/mol. The van der Waals surface area contributed by atoms with Crippen molar-refractivity contribution in [2.24, 2.45) is 0 Å². The summed E-state index contributed by atoms with van der Waals surface area (Å²) in [5, 5.41) is 8.76. The van der Waals surface area contributed by atoms with Crippen LogP contribution in [0.2, 0.25) is 0 Å². The summed E-state index contributed by atoms with van der Waals surface area (Å²) in [5.74, 6) is -0.422. The van der Waals surface area contributed by atoms with E-state index in [0.29, 0.717) is 5.75 Å². The van der Waals surface area contributed by atoms with E-state index in [9.17, 15) is 4.79 Å². The highest BCUT2D eigenvalue weighted by molar-refractivity contribution is 5.93. The number of aromatic carboxylic acids is 1. The maximum Gasteiger partial charge on any atom is 0.337 e. The van der Waals surface area contributed by atoms with Crippen molar-refractivity contribution in [1.82, 2.24) is 0 Å². The summed E-state index contributed by atoms with van der Waals surface area (Å²) < 4.78 is 5.51. The maximum atomic E-state index is 10.7. The molecular weight excluding hydrogens is 194 g/mol. The van der Waals surface area contributed by atoms with Crippen LogP contribution in [0.4, 0.5) is 5.69 Å². The molecule has 15 heavy (non-hydrogen) atoms. The number of benzene rings is 1. The van der Waals surface area contributed by atoms with Gasteiger partial charge in [0, 0.05) is 11.8 Å². The predicted octanol–water partition coefficient (Wildman–Crippen LogP) is 2.14. The number of nitrogen functional groups attached to an aromatic ring is 1. The number of anilines is 1. The lowest BCUT2D eigenvalue weighted by Gasteiger charge is -2.13. The normalized spacial score (nSPS) is 12.1. The minimum Gasteiger partial charge on any atom is -0.491 e.